The molecule has 7 heteroatoms. The van der Waals surface area contributed by atoms with Crippen molar-refractivity contribution in [3.8, 4) is 5.75 Å². The Labute approximate surface area is 172 Å². The van der Waals surface area contributed by atoms with Crippen LogP contribution in [0.3, 0.4) is 0 Å². The number of anilines is 2. The highest BCUT2D eigenvalue weighted by molar-refractivity contribution is 7.92. The number of carbonyl (C=O) groups excluding carboxylic acids is 1. The number of para-hydroxylation sites is 1. The molecule has 0 bridgehead atoms. The summed E-state index contributed by atoms with van der Waals surface area (Å²) in [7, 11) is -3.58. The van der Waals surface area contributed by atoms with E-state index in [-0.39, 0.29) is 17.9 Å². The van der Waals surface area contributed by atoms with Crippen molar-refractivity contribution in [2.45, 2.75) is 45.6 Å². The molecule has 156 valence electrons. The fourth-order valence-electron chi connectivity index (χ4n) is 3.33. The maximum Gasteiger partial charge on any atom is 0.267 e. The van der Waals surface area contributed by atoms with E-state index in [0.29, 0.717) is 17.1 Å². The van der Waals surface area contributed by atoms with Gasteiger partial charge in [-0.3, -0.25) is 9.10 Å². The third-order valence-corrected chi connectivity index (χ3v) is 6.19. The van der Waals surface area contributed by atoms with Crippen molar-refractivity contribution in [1.82, 2.24) is 0 Å². The monoisotopic (exact) mass is 416 g/mol. The highest BCUT2D eigenvalue weighted by atomic mass is 32.2. The van der Waals surface area contributed by atoms with Gasteiger partial charge in [0.2, 0.25) is 10.0 Å². The van der Waals surface area contributed by atoms with Gasteiger partial charge in [-0.15, -0.1) is 0 Å². The second-order valence-corrected chi connectivity index (χ2v) is 10.2. The summed E-state index contributed by atoms with van der Waals surface area (Å²) in [4.78, 5) is 12.9. The van der Waals surface area contributed by atoms with Crippen LogP contribution >= 0.6 is 0 Å². The number of nitrogens with one attached hydrogen (secondary N) is 1. The standard InChI is InChI=1S/C22H28N2O4S/c1-6-15-9-7-8-10-17(15)23-21(25)20-14-24(29(5,26)27)18-13-16(22(2,3)4)11-12-19(18)28-20/h7-13,20H,6,14H2,1-5H3,(H,23,25)/t20-/m1/s1. The number of hydrogen-bond donors (Lipinski definition) is 1. The van der Waals surface area contributed by atoms with E-state index in [4.69, 9.17) is 4.74 Å². The number of ether oxygens (including phenoxy) is 1. The molecule has 1 amide bonds. The van der Waals surface area contributed by atoms with Gasteiger partial charge in [-0.1, -0.05) is 52.0 Å². The Morgan fingerprint density at radius 2 is 1.90 bits per heavy atom. The predicted molar refractivity (Wildman–Crippen MR) is 116 cm³/mol. The minimum atomic E-state index is -3.58. The van der Waals surface area contributed by atoms with Gasteiger partial charge in [-0.2, -0.15) is 0 Å². The zero-order chi connectivity index (χ0) is 21.4. The summed E-state index contributed by atoms with van der Waals surface area (Å²) < 4.78 is 32.1. The van der Waals surface area contributed by atoms with Crippen molar-refractivity contribution in [3.05, 3.63) is 53.6 Å². The minimum absolute atomic E-state index is 0.0699. The molecule has 0 aromatic heterocycles. The van der Waals surface area contributed by atoms with Gasteiger partial charge in [0.15, 0.2) is 6.10 Å². The lowest BCUT2D eigenvalue weighted by molar-refractivity contribution is -0.122. The predicted octanol–water partition coefficient (Wildman–Crippen LogP) is 3.71. The van der Waals surface area contributed by atoms with Gasteiger partial charge < -0.3 is 10.1 Å². The number of carbonyl (C=O) groups is 1. The van der Waals surface area contributed by atoms with E-state index in [2.05, 4.69) is 26.1 Å². The molecule has 0 radical (unpaired) electrons. The first kappa shape index (κ1) is 21.2. The molecule has 1 aliphatic rings. The van der Waals surface area contributed by atoms with Crippen LogP contribution in [0.2, 0.25) is 0 Å². The highest BCUT2D eigenvalue weighted by Gasteiger charge is 2.36. The summed E-state index contributed by atoms with van der Waals surface area (Å²) in [5, 5.41) is 2.88. The van der Waals surface area contributed by atoms with Crippen molar-refractivity contribution in [3.63, 3.8) is 0 Å². The van der Waals surface area contributed by atoms with Crippen molar-refractivity contribution in [1.29, 1.82) is 0 Å². The number of fused-ring (bicyclic) bond motifs is 1. The molecular formula is C22H28N2O4S. The second kappa shape index (κ2) is 7.71. The molecule has 0 saturated heterocycles. The number of rotatable bonds is 4. The average molecular weight is 417 g/mol. The molecule has 0 aliphatic carbocycles. The molecule has 1 heterocycles. The van der Waals surface area contributed by atoms with E-state index in [1.165, 1.54) is 4.31 Å². The van der Waals surface area contributed by atoms with E-state index in [9.17, 15) is 13.2 Å². The van der Waals surface area contributed by atoms with Crippen LogP contribution in [0.1, 0.15) is 38.8 Å². The summed E-state index contributed by atoms with van der Waals surface area (Å²) in [5.41, 5.74) is 3.04. The summed E-state index contributed by atoms with van der Waals surface area (Å²) in [6, 6.07) is 13.0. The molecule has 1 atom stereocenters. The second-order valence-electron chi connectivity index (χ2n) is 8.33. The first-order valence-corrected chi connectivity index (χ1v) is 11.5. The number of amides is 1. The molecular weight excluding hydrogens is 388 g/mol. The molecule has 3 rings (SSSR count). The number of sulfonamides is 1. The zero-order valence-electron chi connectivity index (χ0n) is 17.5. The molecule has 0 fully saturated rings. The molecule has 29 heavy (non-hydrogen) atoms. The number of nitrogens with zero attached hydrogens (tertiary/aromatic N) is 1. The van der Waals surface area contributed by atoms with Gasteiger partial charge in [0.1, 0.15) is 5.75 Å². The van der Waals surface area contributed by atoms with Crippen LogP contribution in [0.25, 0.3) is 0 Å². The maximum atomic E-state index is 12.9. The smallest absolute Gasteiger partial charge is 0.267 e. The van der Waals surface area contributed by atoms with Gasteiger partial charge >= 0.3 is 0 Å². The lowest BCUT2D eigenvalue weighted by atomic mass is 9.86. The van der Waals surface area contributed by atoms with E-state index in [1.807, 2.05) is 43.3 Å². The van der Waals surface area contributed by atoms with Gasteiger partial charge in [0.25, 0.3) is 5.91 Å². The third kappa shape index (κ3) is 4.56. The summed E-state index contributed by atoms with van der Waals surface area (Å²) in [6.45, 7) is 8.12. The summed E-state index contributed by atoms with van der Waals surface area (Å²) in [5.74, 6) is 0.0173. The Balaban J connectivity index is 1.93. The minimum Gasteiger partial charge on any atom is -0.476 e. The number of hydrogen-bond acceptors (Lipinski definition) is 4. The van der Waals surface area contributed by atoms with E-state index in [0.717, 1.165) is 23.8 Å². The van der Waals surface area contributed by atoms with Crippen LogP contribution in [0.15, 0.2) is 42.5 Å². The third-order valence-electron chi connectivity index (χ3n) is 5.04. The zero-order valence-corrected chi connectivity index (χ0v) is 18.3. The Kier molecular flexibility index (Phi) is 5.63. The fourth-order valence-corrected chi connectivity index (χ4v) is 4.24. The van der Waals surface area contributed by atoms with Crippen LogP contribution in [0, 0.1) is 0 Å². The Morgan fingerprint density at radius 1 is 1.21 bits per heavy atom. The Hall–Kier alpha value is -2.54. The highest BCUT2D eigenvalue weighted by Crippen LogP contribution is 2.38. The van der Waals surface area contributed by atoms with Crippen molar-refractivity contribution in [2.75, 3.05) is 22.4 Å². The topological polar surface area (TPSA) is 75.7 Å². The normalized spacial score (nSPS) is 16.7. The Morgan fingerprint density at radius 3 is 2.52 bits per heavy atom. The maximum absolute atomic E-state index is 12.9. The largest absolute Gasteiger partial charge is 0.476 e. The van der Waals surface area contributed by atoms with Crippen molar-refractivity contribution in [2.24, 2.45) is 0 Å². The first-order chi connectivity index (χ1) is 13.5. The quantitative estimate of drug-likeness (QED) is 0.824. The van der Waals surface area contributed by atoms with Crippen LogP contribution in [0.5, 0.6) is 5.75 Å². The van der Waals surface area contributed by atoms with Crippen molar-refractivity contribution < 1.29 is 17.9 Å². The molecule has 1 N–H and O–H groups in total. The SMILES string of the molecule is CCc1ccccc1NC(=O)[C@H]1CN(S(C)(=O)=O)c2cc(C(C)(C)C)ccc2O1. The average Bonchev–Trinajstić information content (AvgIpc) is 2.65. The summed E-state index contributed by atoms with van der Waals surface area (Å²) >= 11 is 0. The molecule has 2 aromatic rings. The van der Waals surface area contributed by atoms with Crippen molar-refractivity contribution >= 4 is 27.3 Å². The molecule has 2 aromatic carbocycles. The molecule has 0 spiro atoms. The molecule has 0 unspecified atom stereocenters. The van der Waals surface area contributed by atoms with E-state index >= 15 is 0 Å². The van der Waals surface area contributed by atoms with Crippen LogP contribution in [-0.4, -0.2) is 33.2 Å². The van der Waals surface area contributed by atoms with Crippen LogP contribution in [-0.2, 0) is 26.7 Å². The van der Waals surface area contributed by atoms with Crippen LogP contribution < -0.4 is 14.4 Å². The van der Waals surface area contributed by atoms with Crippen LogP contribution in [0.4, 0.5) is 11.4 Å². The fraction of sp³-hybridized carbons (Fsp3) is 0.409. The van der Waals surface area contributed by atoms with E-state index in [1.54, 1.807) is 6.07 Å². The van der Waals surface area contributed by atoms with Gasteiger partial charge in [0.05, 0.1) is 18.5 Å². The lowest BCUT2D eigenvalue weighted by Crippen LogP contribution is -2.48. The lowest BCUT2D eigenvalue weighted by Gasteiger charge is -2.35. The molecule has 1 aliphatic heterocycles. The molecule has 0 saturated carbocycles. The first-order valence-electron chi connectivity index (χ1n) is 9.68. The number of aryl methyl sites for hydroxylation is 1. The van der Waals surface area contributed by atoms with Gasteiger partial charge in [-0.25, -0.2) is 8.42 Å². The van der Waals surface area contributed by atoms with Gasteiger partial charge in [-0.05, 0) is 41.2 Å². The van der Waals surface area contributed by atoms with Gasteiger partial charge in [0, 0.05) is 5.69 Å². The van der Waals surface area contributed by atoms with E-state index < -0.39 is 16.1 Å². The Bertz CT molecular complexity index is 1030. The number of benzene rings is 2. The molecule has 6 nitrogen and oxygen atoms in total. The summed E-state index contributed by atoms with van der Waals surface area (Å²) in [6.07, 6.45) is 0.978.